The minimum atomic E-state index is -0.589. The lowest BCUT2D eigenvalue weighted by atomic mass is 10.1. The van der Waals surface area contributed by atoms with Gasteiger partial charge < -0.3 is 15.3 Å². The van der Waals surface area contributed by atoms with E-state index >= 15 is 0 Å². The first-order valence-electron chi connectivity index (χ1n) is 4.58. The molecule has 3 heteroatoms. The molecule has 0 bridgehead atoms. The molecule has 0 aliphatic carbocycles. The van der Waals surface area contributed by atoms with Crippen molar-refractivity contribution in [3.63, 3.8) is 0 Å². The van der Waals surface area contributed by atoms with Crippen LogP contribution in [0.4, 0.5) is 0 Å². The highest BCUT2D eigenvalue weighted by molar-refractivity contribution is 5.81. The van der Waals surface area contributed by atoms with Gasteiger partial charge in [0.2, 0.25) is 0 Å². The van der Waals surface area contributed by atoms with Gasteiger partial charge in [-0.2, -0.15) is 0 Å². The quantitative estimate of drug-likeness (QED) is 0.760. The Morgan fingerprint density at radius 2 is 2.29 bits per heavy atom. The number of aliphatic hydroxyl groups is 1. The molecular weight excluding hydrogens is 178 g/mol. The number of aliphatic hydroxyl groups excluding tert-OH is 1. The van der Waals surface area contributed by atoms with Crippen LogP contribution in [0.15, 0.2) is 28.9 Å². The first-order chi connectivity index (χ1) is 6.72. The Morgan fingerprint density at radius 1 is 1.50 bits per heavy atom. The lowest BCUT2D eigenvalue weighted by Crippen LogP contribution is -2.11. The summed E-state index contributed by atoms with van der Waals surface area (Å²) in [5.74, 6) is 0. The smallest absolute Gasteiger partial charge is 0.134 e. The molecule has 0 saturated carbocycles. The lowest BCUT2D eigenvalue weighted by molar-refractivity contribution is 0.187. The van der Waals surface area contributed by atoms with E-state index in [0.29, 0.717) is 0 Å². The normalized spacial score (nSPS) is 13.4. The molecule has 1 heterocycles. The highest BCUT2D eigenvalue weighted by Crippen LogP contribution is 2.24. The molecule has 1 unspecified atom stereocenters. The predicted molar refractivity (Wildman–Crippen MR) is 55.0 cm³/mol. The van der Waals surface area contributed by atoms with E-state index in [1.807, 2.05) is 25.1 Å². The van der Waals surface area contributed by atoms with Gasteiger partial charge in [0.15, 0.2) is 0 Å². The van der Waals surface area contributed by atoms with Crippen LogP contribution in [0.1, 0.15) is 17.2 Å². The molecule has 3 nitrogen and oxygen atoms in total. The SMILES string of the molecule is Cc1coc2ccc(C(O)CN)cc12. The van der Waals surface area contributed by atoms with Crippen LogP contribution in [0.25, 0.3) is 11.0 Å². The van der Waals surface area contributed by atoms with Crippen molar-refractivity contribution in [1.82, 2.24) is 0 Å². The molecular formula is C11H13NO2. The molecule has 0 aliphatic rings. The second kappa shape index (κ2) is 3.44. The molecule has 0 aliphatic heterocycles. The summed E-state index contributed by atoms with van der Waals surface area (Å²) in [5, 5.41) is 10.6. The Bertz CT molecular complexity index is 447. The number of hydrogen-bond donors (Lipinski definition) is 2. The standard InChI is InChI=1S/C11H13NO2/c1-7-6-14-11-3-2-8(4-9(7)11)10(13)5-12/h2-4,6,10,13H,5,12H2,1H3. The number of fused-ring (bicyclic) bond motifs is 1. The molecule has 2 rings (SSSR count). The molecule has 1 aromatic heterocycles. The van der Waals surface area contributed by atoms with Gasteiger partial charge in [0.05, 0.1) is 12.4 Å². The second-order valence-electron chi connectivity index (χ2n) is 3.43. The van der Waals surface area contributed by atoms with E-state index in [1.54, 1.807) is 6.26 Å². The van der Waals surface area contributed by atoms with E-state index in [-0.39, 0.29) is 6.54 Å². The summed E-state index contributed by atoms with van der Waals surface area (Å²) in [7, 11) is 0. The van der Waals surface area contributed by atoms with E-state index in [0.717, 1.165) is 22.1 Å². The fourth-order valence-electron chi connectivity index (χ4n) is 1.52. The Morgan fingerprint density at radius 3 is 3.00 bits per heavy atom. The summed E-state index contributed by atoms with van der Waals surface area (Å²) in [6.07, 6.45) is 1.12. The molecule has 2 aromatic rings. The van der Waals surface area contributed by atoms with Crippen molar-refractivity contribution in [2.24, 2.45) is 5.73 Å². The van der Waals surface area contributed by atoms with Gasteiger partial charge in [-0.3, -0.25) is 0 Å². The van der Waals surface area contributed by atoms with Gasteiger partial charge in [-0.05, 0) is 30.2 Å². The largest absolute Gasteiger partial charge is 0.464 e. The molecule has 14 heavy (non-hydrogen) atoms. The molecule has 0 spiro atoms. The zero-order chi connectivity index (χ0) is 10.1. The first-order valence-corrected chi connectivity index (χ1v) is 4.58. The van der Waals surface area contributed by atoms with Crippen LogP contribution in [0.3, 0.4) is 0 Å². The van der Waals surface area contributed by atoms with Gasteiger partial charge >= 0.3 is 0 Å². The zero-order valence-corrected chi connectivity index (χ0v) is 8.03. The Labute approximate surface area is 82.1 Å². The van der Waals surface area contributed by atoms with E-state index in [4.69, 9.17) is 10.2 Å². The average molecular weight is 191 g/mol. The molecule has 0 fully saturated rings. The number of benzene rings is 1. The molecule has 0 amide bonds. The molecule has 0 radical (unpaired) electrons. The van der Waals surface area contributed by atoms with Crippen LogP contribution in [0.5, 0.6) is 0 Å². The van der Waals surface area contributed by atoms with E-state index in [9.17, 15) is 5.11 Å². The Hall–Kier alpha value is -1.32. The number of furan rings is 1. The summed E-state index contributed by atoms with van der Waals surface area (Å²) in [6.45, 7) is 2.22. The predicted octanol–water partition coefficient (Wildman–Crippen LogP) is 1.73. The second-order valence-corrected chi connectivity index (χ2v) is 3.43. The van der Waals surface area contributed by atoms with E-state index in [1.165, 1.54) is 0 Å². The van der Waals surface area contributed by atoms with Crippen molar-refractivity contribution in [2.75, 3.05) is 6.54 Å². The van der Waals surface area contributed by atoms with Crippen molar-refractivity contribution in [3.05, 3.63) is 35.6 Å². The first kappa shape index (κ1) is 9.24. The highest BCUT2D eigenvalue weighted by Gasteiger charge is 2.08. The third-order valence-electron chi connectivity index (χ3n) is 2.40. The van der Waals surface area contributed by atoms with Crippen molar-refractivity contribution in [1.29, 1.82) is 0 Å². The van der Waals surface area contributed by atoms with Crippen LogP contribution in [-0.2, 0) is 0 Å². The van der Waals surface area contributed by atoms with Gasteiger partial charge in [0, 0.05) is 11.9 Å². The number of rotatable bonds is 2. The third kappa shape index (κ3) is 1.41. The zero-order valence-electron chi connectivity index (χ0n) is 8.03. The molecule has 1 aromatic carbocycles. The topological polar surface area (TPSA) is 59.4 Å². The third-order valence-corrected chi connectivity index (χ3v) is 2.40. The minimum absolute atomic E-state index is 0.238. The van der Waals surface area contributed by atoms with E-state index < -0.39 is 6.10 Å². The molecule has 74 valence electrons. The van der Waals surface area contributed by atoms with Crippen molar-refractivity contribution >= 4 is 11.0 Å². The van der Waals surface area contributed by atoms with Crippen LogP contribution >= 0.6 is 0 Å². The molecule has 1 atom stereocenters. The van der Waals surface area contributed by atoms with Crippen molar-refractivity contribution in [3.8, 4) is 0 Å². The van der Waals surface area contributed by atoms with E-state index in [2.05, 4.69) is 0 Å². The highest BCUT2D eigenvalue weighted by atomic mass is 16.3. The van der Waals surface area contributed by atoms with Crippen LogP contribution in [-0.4, -0.2) is 11.7 Å². The summed E-state index contributed by atoms with van der Waals surface area (Å²) < 4.78 is 5.30. The average Bonchev–Trinajstić information content (AvgIpc) is 2.59. The summed E-state index contributed by atoms with van der Waals surface area (Å²) in [4.78, 5) is 0. The molecule has 0 saturated heterocycles. The van der Waals surface area contributed by atoms with Gasteiger partial charge in [-0.1, -0.05) is 6.07 Å². The monoisotopic (exact) mass is 191 g/mol. The van der Waals surface area contributed by atoms with Gasteiger partial charge in [0.1, 0.15) is 5.58 Å². The summed E-state index contributed by atoms with van der Waals surface area (Å²) in [6, 6.07) is 5.62. The van der Waals surface area contributed by atoms with Gasteiger partial charge in [0.25, 0.3) is 0 Å². The van der Waals surface area contributed by atoms with Crippen molar-refractivity contribution in [2.45, 2.75) is 13.0 Å². The van der Waals surface area contributed by atoms with Crippen LogP contribution in [0, 0.1) is 6.92 Å². The minimum Gasteiger partial charge on any atom is -0.464 e. The van der Waals surface area contributed by atoms with Gasteiger partial charge in [-0.15, -0.1) is 0 Å². The number of hydrogen-bond acceptors (Lipinski definition) is 3. The molecule has 3 N–H and O–H groups in total. The fraction of sp³-hybridized carbons (Fsp3) is 0.273. The van der Waals surface area contributed by atoms with Gasteiger partial charge in [-0.25, -0.2) is 0 Å². The number of nitrogens with two attached hydrogens (primary N) is 1. The van der Waals surface area contributed by atoms with Crippen LogP contribution in [0.2, 0.25) is 0 Å². The maximum absolute atomic E-state index is 9.56. The van der Waals surface area contributed by atoms with Crippen LogP contribution < -0.4 is 5.73 Å². The maximum atomic E-state index is 9.56. The summed E-state index contributed by atoms with van der Waals surface area (Å²) >= 11 is 0. The fourth-order valence-corrected chi connectivity index (χ4v) is 1.52. The Kier molecular flexibility index (Phi) is 2.27. The Balaban J connectivity index is 2.54. The maximum Gasteiger partial charge on any atom is 0.134 e. The van der Waals surface area contributed by atoms with Crippen molar-refractivity contribution < 1.29 is 9.52 Å². The lowest BCUT2D eigenvalue weighted by Gasteiger charge is -2.07. The summed E-state index contributed by atoms with van der Waals surface area (Å²) in [5.41, 5.74) is 8.14. The number of aryl methyl sites for hydroxylation is 1.